The number of para-hydroxylation sites is 1. The predicted octanol–water partition coefficient (Wildman–Crippen LogP) is -1.21. The van der Waals surface area contributed by atoms with Crippen LogP contribution in [0.1, 0.15) is 0 Å². The number of sulfonamides is 1. The topological polar surface area (TPSA) is 113 Å². The van der Waals surface area contributed by atoms with Crippen molar-refractivity contribution in [3.05, 3.63) is 45.1 Å². The highest BCUT2D eigenvalue weighted by Crippen LogP contribution is 2.07. The second-order valence-corrected chi connectivity index (χ2v) is 7.89. The molecule has 1 aliphatic rings. The molecule has 0 atom stereocenters. The van der Waals surface area contributed by atoms with Crippen molar-refractivity contribution in [2.75, 3.05) is 32.4 Å². The number of benzene rings is 1. The third-order valence-electron chi connectivity index (χ3n) is 4.24. The fraction of sp³-hybridized carbons (Fsp3) is 0.400. The molecular formula is C15H18N4O5S. The zero-order valence-corrected chi connectivity index (χ0v) is 14.5. The van der Waals surface area contributed by atoms with Gasteiger partial charge in [-0.2, -0.15) is 4.31 Å². The zero-order chi connectivity index (χ0) is 18.2. The Morgan fingerprint density at radius 2 is 1.76 bits per heavy atom. The Bertz CT molecular complexity index is 1030. The summed E-state index contributed by atoms with van der Waals surface area (Å²) in [5.74, 6) is -0.393. The average Bonchev–Trinajstić information content (AvgIpc) is 2.58. The number of rotatable bonds is 3. The van der Waals surface area contributed by atoms with Crippen molar-refractivity contribution in [1.29, 1.82) is 0 Å². The Hall–Kier alpha value is -2.46. The number of carbonyl (C=O) groups excluding carboxylic acids is 1. The van der Waals surface area contributed by atoms with Gasteiger partial charge >= 0.3 is 5.69 Å². The van der Waals surface area contributed by atoms with Crippen LogP contribution < -0.4 is 11.2 Å². The Kier molecular flexibility index (Phi) is 4.48. The van der Waals surface area contributed by atoms with Crippen molar-refractivity contribution in [1.82, 2.24) is 18.8 Å². The summed E-state index contributed by atoms with van der Waals surface area (Å²) >= 11 is 0. The van der Waals surface area contributed by atoms with Crippen LogP contribution in [0.3, 0.4) is 0 Å². The number of nitrogens with one attached hydrogen (secondary N) is 1. The van der Waals surface area contributed by atoms with Gasteiger partial charge in [0.05, 0.1) is 17.2 Å². The molecule has 1 fully saturated rings. The molecular weight excluding hydrogens is 348 g/mol. The zero-order valence-electron chi connectivity index (χ0n) is 13.6. The predicted molar refractivity (Wildman–Crippen MR) is 91.8 cm³/mol. The van der Waals surface area contributed by atoms with E-state index in [2.05, 4.69) is 4.98 Å². The highest BCUT2D eigenvalue weighted by molar-refractivity contribution is 7.88. The molecule has 0 radical (unpaired) electrons. The lowest BCUT2D eigenvalue weighted by molar-refractivity contribution is -0.133. The number of amides is 1. The summed E-state index contributed by atoms with van der Waals surface area (Å²) in [6.07, 6.45) is 1.12. The summed E-state index contributed by atoms with van der Waals surface area (Å²) in [5.41, 5.74) is -0.753. The van der Waals surface area contributed by atoms with E-state index in [0.717, 1.165) is 10.8 Å². The Balaban J connectivity index is 1.80. The fourth-order valence-corrected chi connectivity index (χ4v) is 3.67. The van der Waals surface area contributed by atoms with E-state index in [0.29, 0.717) is 10.9 Å². The van der Waals surface area contributed by atoms with E-state index in [1.54, 1.807) is 24.3 Å². The molecule has 1 N–H and O–H groups in total. The fourth-order valence-electron chi connectivity index (χ4n) is 2.85. The minimum absolute atomic E-state index is 0.202. The molecule has 0 spiro atoms. The lowest BCUT2D eigenvalue weighted by atomic mass is 10.2. The van der Waals surface area contributed by atoms with Crippen LogP contribution in [0.2, 0.25) is 0 Å². The Morgan fingerprint density at radius 3 is 2.40 bits per heavy atom. The summed E-state index contributed by atoms with van der Waals surface area (Å²) < 4.78 is 25.2. The lowest BCUT2D eigenvalue weighted by Gasteiger charge is -2.33. The normalized spacial score (nSPS) is 16.3. The van der Waals surface area contributed by atoms with Crippen LogP contribution in [0, 0.1) is 0 Å². The van der Waals surface area contributed by atoms with Crippen LogP contribution in [0.25, 0.3) is 10.9 Å². The van der Waals surface area contributed by atoms with Crippen LogP contribution in [0.5, 0.6) is 0 Å². The van der Waals surface area contributed by atoms with Crippen molar-refractivity contribution in [2.45, 2.75) is 6.54 Å². The lowest BCUT2D eigenvalue weighted by Crippen LogP contribution is -2.52. The highest BCUT2D eigenvalue weighted by atomic mass is 32.2. The van der Waals surface area contributed by atoms with Gasteiger partial charge < -0.3 is 9.88 Å². The van der Waals surface area contributed by atoms with Gasteiger partial charge in [-0.15, -0.1) is 0 Å². The smallest absolute Gasteiger partial charge is 0.329 e. The Morgan fingerprint density at radius 1 is 1.12 bits per heavy atom. The first-order chi connectivity index (χ1) is 11.8. The molecule has 0 saturated carbocycles. The first-order valence-corrected chi connectivity index (χ1v) is 9.57. The molecule has 1 amide bonds. The summed E-state index contributed by atoms with van der Waals surface area (Å²) in [7, 11) is -3.29. The maximum absolute atomic E-state index is 12.4. The van der Waals surface area contributed by atoms with Gasteiger partial charge in [0.2, 0.25) is 15.9 Å². The van der Waals surface area contributed by atoms with Gasteiger partial charge in [0.15, 0.2) is 0 Å². The van der Waals surface area contributed by atoms with Crippen LogP contribution in [0.4, 0.5) is 0 Å². The minimum Gasteiger partial charge on any atom is -0.338 e. The number of fused-ring (bicyclic) bond motifs is 1. The first-order valence-electron chi connectivity index (χ1n) is 7.72. The highest BCUT2D eigenvalue weighted by Gasteiger charge is 2.26. The molecule has 0 unspecified atom stereocenters. The molecule has 1 aromatic heterocycles. The standard InChI is InChI=1S/C15H18N4O5S/c1-25(23,24)18-8-6-17(7-9-18)13(20)10-19-14(21)11-4-2-3-5-12(11)16-15(19)22/h2-5H,6-10H2,1H3,(H,16,22). The number of hydrogen-bond donors (Lipinski definition) is 1. The van der Waals surface area contributed by atoms with Crippen molar-refractivity contribution in [3.63, 3.8) is 0 Å². The van der Waals surface area contributed by atoms with E-state index in [1.165, 1.54) is 9.21 Å². The van der Waals surface area contributed by atoms with Gasteiger partial charge in [0.25, 0.3) is 5.56 Å². The summed E-state index contributed by atoms with van der Waals surface area (Å²) in [6, 6.07) is 6.58. The number of piperazine rings is 1. The van der Waals surface area contributed by atoms with Gasteiger partial charge in [-0.1, -0.05) is 12.1 Å². The first kappa shape index (κ1) is 17.4. The van der Waals surface area contributed by atoms with Gasteiger partial charge in [-0.05, 0) is 12.1 Å². The molecule has 134 valence electrons. The number of nitrogens with zero attached hydrogens (tertiary/aromatic N) is 3. The molecule has 1 saturated heterocycles. The van der Waals surface area contributed by atoms with Crippen LogP contribution >= 0.6 is 0 Å². The van der Waals surface area contributed by atoms with Crippen LogP contribution in [-0.2, 0) is 21.4 Å². The number of hydrogen-bond acceptors (Lipinski definition) is 5. The van der Waals surface area contributed by atoms with Crippen molar-refractivity contribution >= 4 is 26.8 Å². The van der Waals surface area contributed by atoms with Gasteiger partial charge in [0.1, 0.15) is 6.54 Å². The molecule has 10 heteroatoms. The molecule has 2 aromatic rings. The summed E-state index contributed by atoms with van der Waals surface area (Å²) in [4.78, 5) is 41.0. The molecule has 0 aliphatic carbocycles. The molecule has 0 bridgehead atoms. The van der Waals surface area contributed by atoms with E-state index >= 15 is 0 Å². The quantitative estimate of drug-likeness (QED) is 0.733. The van der Waals surface area contributed by atoms with Crippen LogP contribution in [0.15, 0.2) is 33.9 Å². The van der Waals surface area contributed by atoms with Crippen molar-refractivity contribution in [3.8, 4) is 0 Å². The third-order valence-corrected chi connectivity index (χ3v) is 5.55. The Labute approximate surface area is 143 Å². The number of H-pyrrole nitrogens is 1. The average molecular weight is 366 g/mol. The molecule has 25 heavy (non-hydrogen) atoms. The van der Waals surface area contributed by atoms with E-state index in [9.17, 15) is 22.8 Å². The monoisotopic (exact) mass is 366 g/mol. The van der Waals surface area contributed by atoms with E-state index in [4.69, 9.17) is 0 Å². The summed E-state index contributed by atoms with van der Waals surface area (Å²) in [5, 5.41) is 0.330. The van der Waals surface area contributed by atoms with E-state index < -0.39 is 27.2 Å². The van der Waals surface area contributed by atoms with Crippen LogP contribution in [-0.4, -0.2) is 65.5 Å². The van der Waals surface area contributed by atoms with E-state index in [1.807, 2.05) is 0 Å². The summed E-state index contributed by atoms with van der Waals surface area (Å²) in [6.45, 7) is 0.483. The second kappa shape index (κ2) is 6.45. The maximum Gasteiger partial charge on any atom is 0.329 e. The second-order valence-electron chi connectivity index (χ2n) is 5.91. The number of aromatic amines is 1. The maximum atomic E-state index is 12.4. The molecule has 1 aliphatic heterocycles. The number of aromatic nitrogens is 2. The third kappa shape index (κ3) is 3.49. The molecule has 1 aromatic carbocycles. The SMILES string of the molecule is CS(=O)(=O)N1CCN(C(=O)Cn2c(=O)[nH]c3ccccc3c2=O)CC1. The molecule has 9 nitrogen and oxygen atoms in total. The van der Waals surface area contributed by atoms with Gasteiger partial charge in [-0.25, -0.2) is 13.2 Å². The van der Waals surface area contributed by atoms with Gasteiger partial charge in [0, 0.05) is 26.2 Å². The number of carbonyl (C=O) groups is 1. The van der Waals surface area contributed by atoms with Crippen molar-refractivity contribution < 1.29 is 13.2 Å². The molecule has 2 heterocycles. The molecule has 3 rings (SSSR count). The minimum atomic E-state index is -3.29. The largest absolute Gasteiger partial charge is 0.338 e. The van der Waals surface area contributed by atoms with E-state index in [-0.39, 0.29) is 32.7 Å². The van der Waals surface area contributed by atoms with Gasteiger partial charge in [-0.3, -0.25) is 14.2 Å². The van der Waals surface area contributed by atoms with Crippen molar-refractivity contribution in [2.24, 2.45) is 0 Å².